The Balaban J connectivity index is 1.46. The van der Waals surface area contributed by atoms with Crippen molar-refractivity contribution in [2.45, 2.75) is 25.8 Å². The molecule has 3 aromatic rings. The Morgan fingerprint density at radius 1 is 1.00 bits per heavy atom. The van der Waals surface area contributed by atoms with Crippen LogP contribution < -0.4 is 10.6 Å². The van der Waals surface area contributed by atoms with Gasteiger partial charge < -0.3 is 15.6 Å². The second kappa shape index (κ2) is 6.09. The lowest BCUT2D eigenvalue weighted by Gasteiger charge is -2.06. The molecule has 1 aliphatic rings. The standard InChI is InChI=1S/C20H19N3O2/c1-12-2-3-14-11-18(23-17(14)10-12)20(25)22-15-6-4-13(5-7-15)19(24)21-16-8-9-16/h2-7,10-11,16,23H,8-9H2,1H3,(H,21,24)(H,22,25). The molecule has 3 N–H and O–H groups in total. The summed E-state index contributed by atoms with van der Waals surface area (Å²) in [7, 11) is 0. The highest BCUT2D eigenvalue weighted by molar-refractivity contribution is 6.06. The zero-order chi connectivity index (χ0) is 17.4. The van der Waals surface area contributed by atoms with Gasteiger partial charge in [0, 0.05) is 28.2 Å². The van der Waals surface area contributed by atoms with Crippen LogP contribution in [0, 0.1) is 6.92 Å². The van der Waals surface area contributed by atoms with Gasteiger partial charge in [0.1, 0.15) is 5.69 Å². The first-order chi connectivity index (χ1) is 12.1. The predicted molar refractivity (Wildman–Crippen MR) is 97.9 cm³/mol. The van der Waals surface area contributed by atoms with Gasteiger partial charge in [0.25, 0.3) is 11.8 Å². The van der Waals surface area contributed by atoms with E-state index in [-0.39, 0.29) is 11.8 Å². The summed E-state index contributed by atoms with van der Waals surface area (Å²) in [5.41, 5.74) is 3.85. The lowest BCUT2D eigenvalue weighted by atomic mass is 10.2. The molecule has 0 saturated heterocycles. The number of hydrogen-bond donors (Lipinski definition) is 3. The van der Waals surface area contributed by atoms with Crippen LogP contribution in [0.1, 0.15) is 39.3 Å². The summed E-state index contributed by atoms with van der Waals surface area (Å²) < 4.78 is 0. The molecule has 2 aromatic carbocycles. The highest BCUT2D eigenvalue weighted by Crippen LogP contribution is 2.20. The number of fused-ring (bicyclic) bond motifs is 1. The van der Waals surface area contributed by atoms with Crippen molar-refractivity contribution in [1.29, 1.82) is 0 Å². The summed E-state index contributed by atoms with van der Waals surface area (Å²) >= 11 is 0. The zero-order valence-electron chi connectivity index (χ0n) is 13.9. The van der Waals surface area contributed by atoms with E-state index >= 15 is 0 Å². The van der Waals surface area contributed by atoms with Crippen LogP contribution in [-0.4, -0.2) is 22.8 Å². The summed E-state index contributed by atoms with van der Waals surface area (Å²) in [6.07, 6.45) is 2.12. The maximum absolute atomic E-state index is 12.4. The molecule has 25 heavy (non-hydrogen) atoms. The van der Waals surface area contributed by atoms with Gasteiger partial charge in [0.2, 0.25) is 0 Å². The molecule has 1 aromatic heterocycles. The van der Waals surface area contributed by atoms with Crippen LogP contribution in [0.2, 0.25) is 0 Å². The fraction of sp³-hybridized carbons (Fsp3) is 0.200. The minimum absolute atomic E-state index is 0.0636. The van der Waals surface area contributed by atoms with Crippen LogP contribution in [0.25, 0.3) is 10.9 Å². The van der Waals surface area contributed by atoms with E-state index in [1.54, 1.807) is 24.3 Å². The quantitative estimate of drug-likeness (QED) is 0.682. The van der Waals surface area contributed by atoms with Crippen LogP contribution >= 0.6 is 0 Å². The zero-order valence-corrected chi connectivity index (χ0v) is 13.9. The number of benzene rings is 2. The number of carbonyl (C=O) groups is 2. The molecule has 0 bridgehead atoms. The van der Waals surface area contributed by atoms with Gasteiger partial charge in [-0.05, 0) is 61.7 Å². The third-order valence-electron chi connectivity index (χ3n) is 4.34. The smallest absolute Gasteiger partial charge is 0.272 e. The number of carbonyl (C=O) groups excluding carboxylic acids is 2. The molecule has 1 aliphatic carbocycles. The van der Waals surface area contributed by atoms with Gasteiger partial charge in [-0.1, -0.05) is 12.1 Å². The van der Waals surface area contributed by atoms with Crippen LogP contribution in [-0.2, 0) is 0 Å². The minimum Gasteiger partial charge on any atom is -0.351 e. The van der Waals surface area contributed by atoms with Crippen LogP contribution in [0.4, 0.5) is 5.69 Å². The van der Waals surface area contributed by atoms with Gasteiger partial charge in [0.15, 0.2) is 0 Å². The molecule has 5 nitrogen and oxygen atoms in total. The van der Waals surface area contributed by atoms with Crippen molar-refractivity contribution in [1.82, 2.24) is 10.3 Å². The van der Waals surface area contributed by atoms with E-state index in [1.165, 1.54) is 0 Å². The van der Waals surface area contributed by atoms with Crippen molar-refractivity contribution in [3.8, 4) is 0 Å². The fourth-order valence-electron chi connectivity index (χ4n) is 2.76. The van der Waals surface area contributed by atoms with E-state index in [9.17, 15) is 9.59 Å². The van der Waals surface area contributed by atoms with Gasteiger partial charge in [-0.3, -0.25) is 9.59 Å². The van der Waals surface area contributed by atoms with Gasteiger partial charge in [-0.25, -0.2) is 0 Å². The van der Waals surface area contributed by atoms with Gasteiger partial charge >= 0.3 is 0 Å². The van der Waals surface area contributed by atoms with E-state index in [0.717, 1.165) is 29.3 Å². The lowest BCUT2D eigenvalue weighted by molar-refractivity contribution is 0.0950. The monoisotopic (exact) mass is 333 g/mol. The van der Waals surface area contributed by atoms with Crippen LogP contribution in [0.15, 0.2) is 48.5 Å². The van der Waals surface area contributed by atoms with E-state index in [2.05, 4.69) is 15.6 Å². The molecule has 4 rings (SSSR count). The maximum atomic E-state index is 12.4. The SMILES string of the molecule is Cc1ccc2cc(C(=O)Nc3ccc(C(=O)NC4CC4)cc3)[nH]c2c1. The lowest BCUT2D eigenvalue weighted by Crippen LogP contribution is -2.25. The third-order valence-corrected chi connectivity index (χ3v) is 4.34. The summed E-state index contributed by atoms with van der Waals surface area (Å²) in [4.78, 5) is 27.5. The van der Waals surface area contributed by atoms with Gasteiger partial charge in [-0.15, -0.1) is 0 Å². The Hall–Kier alpha value is -3.08. The number of anilines is 1. The average Bonchev–Trinajstić information content (AvgIpc) is 3.31. The number of nitrogens with one attached hydrogen (secondary N) is 3. The second-order valence-corrected chi connectivity index (χ2v) is 6.55. The third kappa shape index (κ3) is 3.40. The Bertz CT molecular complexity index is 953. The Morgan fingerprint density at radius 2 is 1.76 bits per heavy atom. The molecule has 5 heteroatoms. The highest BCUT2D eigenvalue weighted by Gasteiger charge is 2.23. The molecule has 0 spiro atoms. The van der Waals surface area contributed by atoms with E-state index in [0.29, 0.717) is 23.0 Å². The van der Waals surface area contributed by atoms with E-state index in [1.807, 2.05) is 31.2 Å². The fourth-order valence-corrected chi connectivity index (χ4v) is 2.76. The Kier molecular flexibility index (Phi) is 3.76. The summed E-state index contributed by atoms with van der Waals surface area (Å²) in [5, 5.41) is 6.80. The first kappa shape index (κ1) is 15.4. The summed E-state index contributed by atoms with van der Waals surface area (Å²) in [6.45, 7) is 2.01. The van der Waals surface area contributed by atoms with Crippen molar-refractivity contribution in [2.24, 2.45) is 0 Å². The Labute approximate surface area is 145 Å². The normalized spacial score (nSPS) is 13.6. The number of rotatable bonds is 4. The van der Waals surface area contributed by atoms with Crippen molar-refractivity contribution in [3.05, 3.63) is 65.4 Å². The maximum Gasteiger partial charge on any atom is 0.272 e. The molecule has 1 heterocycles. The molecule has 1 saturated carbocycles. The summed E-state index contributed by atoms with van der Waals surface area (Å²) in [6, 6.07) is 15.1. The largest absolute Gasteiger partial charge is 0.351 e. The van der Waals surface area contributed by atoms with E-state index in [4.69, 9.17) is 0 Å². The highest BCUT2D eigenvalue weighted by atomic mass is 16.2. The van der Waals surface area contributed by atoms with E-state index < -0.39 is 0 Å². The first-order valence-electron chi connectivity index (χ1n) is 8.40. The molecular weight excluding hydrogens is 314 g/mol. The molecule has 0 radical (unpaired) electrons. The molecule has 126 valence electrons. The van der Waals surface area contributed by atoms with Gasteiger partial charge in [-0.2, -0.15) is 0 Å². The average molecular weight is 333 g/mol. The topological polar surface area (TPSA) is 74.0 Å². The molecule has 2 amide bonds. The van der Waals surface area contributed by atoms with Crippen LogP contribution in [0.5, 0.6) is 0 Å². The van der Waals surface area contributed by atoms with Gasteiger partial charge in [0.05, 0.1) is 0 Å². The summed E-state index contributed by atoms with van der Waals surface area (Å²) in [5.74, 6) is -0.268. The predicted octanol–water partition coefficient (Wildman–Crippen LogP) is 3.62. The number of aromatic nitrogens is 1. The molecule has 0 atom stereocenters. The van der Waals surface area contributed by atoms with Crippen LogP contribution in [0.3, 0.4) is 0 Å². The number of aromatic amines is 1. The molecule has 0 unspecified atom stereocenters. The molecular formula is C20H19N3O2. The number of hydrogen-bond acceptors (Lipinski definition) is 2. The number of aryl methyl sites for hydroxylation is 1. The minimum atomic E-state index is -0.205. The van der Waals surface area contributed by atoms with Crippen molar-refractivity contribution < 1.29 is 9.59 Å². The number of H-pyrrole nitrogens is 1. The Morgan fingerprint density at radius 3 is 2.48 bits per heavy atom. The van der Waals surface area contributed by atoms with Crippen molar-refractivity contribution >= 4 is 28.4 Å². The first-order valence-corrected chi connectivity index (χ1v) is 8.40. The second-order valence-electron chi connectivity index (χ2n) is 6.55. The molecule has 0 aliphatic heterocycles. The van der Waals surface area contributed by atoms with Crippen molar-refractivity contribution in [2.75, 3.05) is 5.32 Å². The molecule has 1 fully saturated rings. The van der Waals surface area contributed by atoms with Crippen molar-refractivity contribution in [3.63, 3.8) is 0 Å². The number of amides is 2.